The first kappa shape index (κ1) is 12.3. The maximum Gasteiger partial charge on any atom is 0.0838 e. The summed E-state index contributed by atoms with van der Waals surface area (Å²) in [6, 6.07) is 6.36. The summed E-state index contributed by atoms with van der Waals surface area (Å²) in [5, 5.41) is 14.2. The SMILES string of the molecule is Cc1cc(C)c(CC(O)c2ccsc2)c(C)c1. The van der Waals surface area contributed by atoms with Crippen molar-refractivity contribution >= 4 is 11.3 Å². The molecule has 2 rings (SSSR count). The number of hydrogen-bond acceptors (Lipinski definition) is 2. The lowest BCUT2D eigenvalue weighted by atomic mass is 9.94. The molecule has 90 valence electrons. The van der Waals surface area contributed by atoms with Crippen LogP contribution in [-0.2, 0) is 6.42 Å². The van der Waals surface area contributed by atoms with E-state index in [4.69, 9.17) is 0 Å². The van der Waals surface area contributed by atoms with Gasteiger partial charge in [-0.15, -0.1) is 0 Å². The van der Waals surface area contributed by atoms with E-state index >= 15 is 0 Å². The molecule has 0 amide bonds. The average molecular weight is 246 g/mol. The second kappa shape index (κ2) is 5.03. The number of rotatable bonds is 3. The summed E-state index contributed by atoms with van der Waals surface area (Å²) >= 11 is 1.63. The van der Waals surface area contributed by atoms with Gasteiger partial charge in [0.1, 0.15) is 0 Å². The molecule has 1 heterocycles. The van der Waals surface area contributed by atoms with E-state index in [1.54, 1.807) is 11.3 Å². The van der Waals surface area contributed by atoms with Gasteiger partial charge in [0.2, 0.25) is 0 Å². The number of benzene rings is 1. The molecule has 17 heavy (non-hydrogen) atoms. The number of aryl methyl sites for hydroxylation is 3. The summed E-state index contributed by atoms with van der Waals surface area (Å²) in [6.07, 6.45) is 0.315. The van der Waals surface area contributed by atoms with Gasteiger partial charge >= 0.3 is 0 Å². The molecule has 0 spiro atoms. The van der Waals surface area contributed by atoms with Gasteiger partial charge in [0.15, 0.2) is 0 Å². The highest BCUT2D eigenvalue weighted by atomic mass is 32.1. The monoisotopic (exact) mass is 246 g/mol. The minimum absolute atomic E-state index is 0.388. The fourth-order valence-electron chi connectivity index (χ4n) is 2.31. The van der Waals surface area contributed by atoms with Gasteiger partial charge in [-0.3, -0.25) is 0 Å². The van der Waals surface area contributed by atoms with Crippen LogP contribution in [0.2, 0.25) is 0 Å². The summed E-state index contributed by atoms with van der Waals surface area (Å²) in [6.45, 7) is 6.35. The first-order valence-corrected chi connectivity index (χ1v) is 6.79. The molecular weight excluding hydrogens is 228 g/mol. The van der Waals surface area contributed by atoms with Crippen molar-refractivity contribution in [2.24, 2.45) is 0 Å². The first-order valence-electron chi connectivity index (χ1n) is 5.85. The van der Waals surface area contributed by atoms with E-state index in [-0.39, 0.29) is 6.10 Å². The molecule has 1 aromatic carbocycles. The van der Waals surface area contributed by atoms with Crippen LogP contribution in [0, 0.1) is 20.8 Å². The van der Waals surface area contributed by atoms with Crippen molar-refractivity contribution in [3.05, 3.63) is 56.8 Å². The Morgan fingerprint density at radius 1 is 1.18 bits per heavy atom. The maximum absolute atomic E-state index is 10.2. The fourth-order valence-corrected chi connectivity index (χ4v) is 3.01. The van der Waals surface area contributed by atoms with E-state index < -0.39 is 0 Å². The zero-order valence-corrected chi connectivity index (χ0v) is 11.3. The Kier molecular flexibility index (Phi) is 3.65. The minimum Gasteiger partial charge on any atom is -0.388 e. The molecule has 2 heteroatoms. The van der Waals surface area contributed by atoms with Crippen molar-refractivity contribution in [1.82, 2.24) is 0 Å². The molecule has 0 radical (unpaired) electrons. The summed E-state index contributed by atoms with van der Waals surface area (Å²) in [4.78, 5) is 0. The van der Waals surface area contributed by atoms with Crippen LogP contribution >= 0.6 is 11.3 Å². The van der Waals surface area contributed by atoms with Crippen LogP contribution in [0.25, 0.3) is 0 Å². The Balaban J connectivity index is 2.25. The smallest absolute Gasteiger partial charge is 0.0838 e. The van der Waals surface area contributed by atoms with Crippen molar-refractivity contribution in [3.8, 4) is 0 Å². The number of aliphatic hydroxyl groups excluding tert-OH is 1. The van der Waals surface area contributed by atoms with Gasteiger partial charge in [0.05, 0.1) is 6.10 Å². The van der Waals surface area contributed by atoms with Crippen LogP contribution < -0.4 is 0 Å². The van der Waals surface area contributed by atoms with E-state index in [0.29, 0.717) is 6.42 Å². The van der Waals surface area contributed by atoms with Crippen LogP contribution in [0.15, 0.2) is 29.0 Å². The van der Waals surface area contributed by atoms with Gasteiger partial charge in [0, 0.05) is 6.42 Å². The van der Waals surface area contributed by atoms with Crippen molar-refractivity contribution < 1.29 is 5.11 Å². The zero-order chi connectivity index (χ0) is 12.4. The molecule has 1 atom stereocenters. The second-order valence-electron chi connectivity index (χ2n) is 4.65. The second-order valence-corrected chi connectivity index (χ2v) is 5.43. The van der Waals surface area contributed by atoms with Crippen LogP contribution in [0.1, 0.15) is 33.9 Å². The van der Waals surface area contributed by atoms with Gasteiger partial charge in [-0.05, 0) is 59.9 Å². The van der Waals surface area contributed by atoms with E-state index in [9.17, 15) is 5.11 Å². The van der Waals surface area contributed by atoms with Crippen molar-refractivity contribution in [3.63, 3.8) is 0 Å². The molecule has 0 aliphatic carbocycles. The van der Waals surface area contributed by atoms with Gasteiger partial charge < -0.3 is 5.11 Å². The third-order valence-electron chi connectivity index (χ3n) is 3.17. The lowest BCUT2D eigenvalue weighted by molar-refractivity contribution is 0.178. The Morgan fingerprint density at radius 2 is 1.82 bits per heavy atom. The topological polar surface area (TPSA) is 20.2 Å². The van der Waals surface area contributed by atoms with Gasteiger partial charge in [-0.1, -0.05) is 17.7 Å². The normalized spacial score (nSPS) is 12.7. The third-order valence-corrected chi connectivity index (χ3v) is 3.87. The lowest BCUT2D eigenvalue weighted by Crippen LogP contribution is -2.04. The van der Waals surface area contributed by atoms with Gasteiger partial charge in [-0.25, -0.2) is 0 Å². The quantitative estimate of drug-likeness (QED) is 0.869. The number of hydrogen-bond donors (Lipinski definition) is 1. The summed E-state index contributed by atoms with van der Waals surface area (Å²) < 4.78 is 0. The summed E-state index contributed by atoms with van der Waals surface area (Å²) in [5.74, 6) is 0. The molecule has 2 aromatic rings. The molecule has 1 nitrogen and oxygen atoms in total. The van der Waals surface area contributed by atoms with E-state index in [1.807, 2.05) is 16.8 Å². The Morgan fingerprint density at radius 3 is 2.35 bits per heavy atom. The molecule has 0 fully saturated rings. The summed E-state index contributed by atoms with van der Waals surface area (Å²) in [7, 11) is 0. The molecule has 1 aromatic heterocycles. The molecule has 0 saturated heterocycles. The standard InChI is InChI=1S/C15H18OS/c1-10-6-11(2)14(12(3)7-10)8-15(16)13-4-5-17-9-13/h4-7,9,15-16H,8H2,1-3H3. The highest BCUT2D eigenvalue weighted by Gasteiger charge is 2.12. The van der Waals surface area contributed by atoms with E-state index in [0.717, 1.165) is 5.56 Å². The fraction of sp³-hybridized carbons (Fsp3) is 0.333. The van der Waals surface area contributed by atoms with Crippen LogP contribution in [-0.4, -0.2) is 5.11 Å². The molecule has 0 saturated carbocycles. The maximum atomic E-state index is 10.2. The highest BCUT2D eigenvalue weighted by molar-refractivity contribution is 7.07. The lowest BCUT2D eigenvalue weighted by Gasteiger charge is -2.15. The van der Waals surface area contributed by atoms with Crippen molar-refractivity contribution in [2.45, 2.75) is 33.3 Å². The van der Waals surface area contributed by atoms with E-state index in [2.05, 4.69) is 32.9 Å². The van der Waals surface area contributed by atoms with Crippen molar-refractivity contribution in [1.29, 1.82) is 0 Å². The van der Waals surface area contributed by atoms with E-state index in [1.165, 1.54) is 22.3 Å². The Bertz CT molecular complexity index is 477. The van der Waals surface area contributed by atoms with Crippen LogP contribution in [0.5, 0.6) is 0 Å². The van der Waals surface area contributed by atoms with Gasteiger partial charge in [0.25, 0.3) is 0 Å². The Labute approximate surface area is 107 Å². The van der Waals surface area contributed by atoms with Crippen LogP contribution in [0.4, 0.5) is 0 Å². The Hall–Kier alpha value is -1.12. The number of thiophene rings is 1. The molecule has 0 bridgehead atoms. The molecular formula is C15H18OS. The molecule has 0 aliphatic rings. The largest absolute Gasteiger partial charge is 0.388 e. The zero-order valence-electron chi connectivity index (χ0n) is 10.5. The van der Waals surface area contributed by atoms with Crippen molar-refractivity contribution in [2.75, 3.05) is 0 Å². The highest BCUT2D eigenvalue weighted by Crippen LogP contribution is 2.25. The molecule has 0 aliphatic heterocycles. The third kappa shape index (κ3) is 2.76. The predicted octanol–water partition coefficient (Wildman–Crippen LogP) is 3.95. The number of aliphatic hydroxyl groups is 1. The molecule has 1 unspecified atom stereocenters. The summed E-state index contributed by atoms with van der Waals surface area (Å²) in [5.41, 5.74) is 6.13. The molecule has 1 N–H and O–H groups in total. The first-order chi connectivity index (χ1) is 8.08. The predicted molar refractivity (Wildman–Crippen MR) is 73.6 cm³/mol. The van der Waals surface area contributed by atoms with Gasteiger partial charge in [-0.2, -0.15) is 11.3 Å². The average Bonchev–Trinajstić information content (AvgIpc) is 2.76. The van der Waals surface area contributed by atoms with Crippen LogP contribution in [0.3, 0.4) is 0 Å². The minimum atomic E-state index is -0.388.